The average Bonchev–Trinajstić information content (AvgIpc) is 1.10. The molecule has 0 aromatic heterocycles. The highest BCUT2D eigenvalue weighted by Gasteiger charge is 2.25. The van der Waals surface area contributed by atoms with Crippen molar-refractivity contribution in [1.82, 2.24) is 10.6 Å². The number of phenolic OH excluding ortho intramolecular Hbond substituents is 6. The number of amides is 2. The number of rotatable bonds is 14. The number of hydrogen-bond donors (Lipinski definition) is 10. The first kappa shape index (κ1) is 77.5. The van der Waals surface area contributed by atoms with Crippen LogP contribution in [-0.2, 0) is 0 Å². The summed E-state index contributed by atoms with van der Waals surface area (Å²) in [5.41, 5.74) is 2.67. The Morgan fingerprint density at radius 2 is 0.685 bits per heavy atom. The molecule has 0 aliphatic carbocycles. The first-order chi connectivity index (χ1) is 41.0. The molecule has 10 N–H and O–H groups in total. The minimum absolute atomic E-state index is 0.00365. The molecule has 0 fully saturated rings. The molecular weight excluding hydrogens is 1160 g/mol. The highest BCUT2D eigenvalue weighted by atomic mass is 19.1. The maximum Gasteiger partial charge on any atom is 0.336 e. The van der Waals surface area contributed by atoms with Crippen LogP contribution < -0.4 is 10.6 Å². The van der Waals surface area contributed by atoms with Gasteiger partial charge in [-0.1, -0.05) is 55.4 Å². The van der Waals surface area contributed by atoms with Gasteiger partial charge in [0.25, 0.3) is 11.8 Å². The monoisotopic (exact) mass is 1240 g/mol. The molecular formula is C68H83F3N2O16. The van der Waals surface area contributed by atoms with E-state index in [1.807, 2.05) is 27.7 Å². The quantitative estimate of drug-likeness (QED) is 0.0453. The summed E-state index contributed by atoms with van der Waals surface area (Å²) in [6.07, 6.45) is 0. The first-order valence-electron chi connectivity index (χ1n) is 28.2. The number of Topliss-reactive ketones (excluding diaryl/α,β-unsaturated/α-hetero) is 4. The number of phenols is 6. The number of nitrogens with one attached hydrogen (secondary N) is 2. The van der Waals surface area contributed by atoms with Gasteiger partial charge >= 0.3 is 11.9 Å². The Kier molecular flexibility index (Phi) is 30.2. The van der Waals surface area contributed by atoms with Crippen molar-refractivity contribution >= 4 is 46.9 Å². The largest absolute Gasteiger partial charge is 0.508 e. The second kappa shape index (κ2) is 34.7. The Labute approximate surface area is 517 Å². The molecule has 6 rings (SSSR count). The van der Waals surface area contributed by atoms with E-state index < -0.39 is 52.7 Å². The molecule has 6 aromatic carbocycles. The molecule has 0 saturated heterocycles. The van der Waals surface area contributed by atoms with Gasteiger partial charge in [0.1, 0.15) is 40.4 Å². The SMILES string of the molecule is Cc1c(O)c(F)cc(C(=O)C(C)C)c1F.Cc1c(O)ccc(C(=O)C(C)C)c1C(=O)O.Cc1c(O)ccc(C(=O)C(C)C)c1F.Cc1c(O)ccc(C(=O)NC(C)C)c1C(=O)O.Cc1cc(C(=O)C(C)C)ccc1O.Cc1cc(C(=O)NC(C)C)ccc1O. The first-order valence-corrected chi connectivity index (χ1v) is 28.2. The van der Waals surface area contributed by atoms with Crippen molar-refractivity contribution in [1.29, 1.82) is 0 Å². The molecule has 0 atom stereocenters. The molecule has 0 spiro atoms. The van der Waals surface area contributed by atoms with Crippen LogP contribution in [0.5, 0.6) is 34.5 Å². The normalized spacial score (nSPS) is 10.5. The highest BCUT2D eigenvalue weighted by Crippen LogP contribution is 2.30. The van der Waals surface area contributed by atoms with Gasteiger partial charge in [-0.25, -0.2) is 22.8 Å². The number of ketones is 4. The molecule has 0 aliphatic rings. The standard InChI is InChI=1S/C12H15NO4.C12H14O4.C11H12F2O2.C11H13FO2.C11H15NO2.C11H14O2/c1-6(2)13-11(15)8-4-5-9(14)7(3)10(8)12(16)17;1-6(2)11(14)8-4-5-9(13)7(3)10(8)12(15)16;1-5(2)10(14)7-4-8(12)11(15)6(3)9(7)13;1-6(2)11(14)8-4-5-9(13)7(3)10(8)12;1-7(2)12-11(14)9-4-5-10(13)8(3)6-9;1-7(2)11(13)9-4-5-10(12)8(3)6-9/h4-6,14H,1-3H3,(H,13,15)(H,16,17);4-6,13H,1-3H3,(H,15,16);4-5,15H,1-3H3;4-6,13H,1-3H3;4-7,13H,1-3H3,(H,12,14);4-7,12H,1-3H3. The zero-order valence-electron chi connectivity index (χ0n) is 53.4. The van der Waals surface area contributed by atoms with Gasteiger partial charge in [0, 0.05) is 74.7 Å². The number of carboxylic acids is 2. The van der Waals surface area contributed by atoms with Gasteiger partial charge in [0.15, 0.2) is 34.7 Å². The second-order valence-corrected chi connectivity index (χ2v) is 22.5. The number of aromatic carboxylic acids is 2. The van der Waals surface area contributed by atoms with E-state index in [1.54, 1.807) is 99.6 Å². The zero-order chi connectivity index (χ0) is 69.0. The van der Waals surface area contributed by atoms with Crippen LogP contribution >= 0.6 is 0 Å². The summed E-state index contributed by atoms with van der Waals surface area (Å²) in [5, 5.41) is 79.2. The molecule has 0 aliphatic heterocycles. The lowest BCUT2D eigenvalue weighted by Crippen LogP contribution is -2.31. The molecule has 89 heavy (non-hydrogen) atoms. The summed E-state index contributed by atoms with van der Waals surface area (Å²) in [5.74, 6) is -7.88. The van der Waals surface area contributed by atoms with Crippen molar-refractivity contribution < 1.29 is 92.4 Å². The minimum atomic E-state index is -1.23. The number of benzene rings is 6. The van der Waals surface area contributed by atoms with E-state index in [1.165, 1.54) is 70.2 Å². The fourth-order valence-corrected chi connectivity index (χ4v) is 7.69. The van der Waals surface area contributed by atoms with E-state index in [4.69, 9.17) is 15.3 Å². The van der Waals surface area contributed by atoms with Crippen molar-refractivity contribution in [3.8, 4) is 34.5 Å². The maximum atomic E-state index is 13.5. The van der Waals surface area contributed by atoms with Crippen LogP contribution in [0.1, 0.15) is 199 Å². The number of carbonyl (C=O) groups is 8. The van der Waals surface area contributed by atoms with E-state index in [0.29, 0.717) is 16.7 Å². The van der Waals surface area contributed by atoms with Crippen LogP contribution in [0, 0.1) is 82.7 Å². The van der Waals surface area contributed by atoms with Crippen LogP contribution in [0.15, 0.2) is 78.9 Å². The van der Waals surface area contributed by atoms with E-state index >= 15 is 0 Å². The van der Waals surface area contributed by atoms with Crippen molar-refractivity contribution in [2.45, 2.75) is 137 Å². The molecule has 0 bridgehead atoms. The maximum absolute atomic E-state index is 13.5. The van der Waals surface area contributed by atoms with Gasteiger partial charge in [-0.15, -0.1) is 0 Å². The van der Waals surface area contributed by atoms with E-state index in [-0.39, 0.29) is 137 Å². The van der Waals surface area contributed by atoms with Crippen molar-refractivity contribution in [3.63, 3.8) is 0 Å². The summed E-state index contributed by atoms with van der Waals surface area (Å²) in [6.45, 7) is 30.3. The van der Waals surface area contributed by atoms with Gasteiger partial charge < -0.3 is 51.5 Å². The Hall–Kier alpha value is -9.53. The van der Waals surface area contributed by atoms with E-state index in [2.05, 4.69) is 10.6 Å². The summed E-state index contributed by atoms with van der Waals surface area (Å²) in [4.78, 5) is 91.8. The summed E-state index contributed by atoms with van der Waals surface area (Å²) >= 11 is 0. The van der Waals surface area contributed by atoms with Gasteiger partial charge in [0.05, 0.1) is 27.8 Å². The zero-order valence-corrected chi connectivity index (χ0v) is 53.4. The predicted molar refractivity (Wildman–Crippen MR) is 333 cm³/mol. The number of carbonyl (C=O) groups excluding carboxylic acids is 6. The summed E-state index contributed by atoms with van der Waals surface area (Å²) in [7, 11) is 0. The molecule has 2 amide bonds. The molecule has 482 valence electrons. The summed E-state index contributed by atoms with van der Waals surface area (Å²) < 4.78 is 40.1. The van der Waals surface area contributed by atoms with Crippen molar-refractivity contribution in [2.75, 3.05) is 0 Å². The van der Waals surface area contributed by atoms with E-state index in [9.17, 15) is 77.1 Å². The fourth-order valence-electron chi connectivity index (χ4n) is 7.69. The lowest BCUT2D eigenvalue weighted by molar-refractivity contribution is 0.0681. The number of aryl methyl sites for hydroxylation is 2. The smallest absolute Gasteiger partial charge is 0.336 e. The van der Waals surface area contributed by atoms with Gasteiger partial charge in [0.2, 0.25) is 0 Å². The van der Waals surface area contributed by atoms with Gasteiger partial charge in [-0.3, -0.25) is 28.8 Å². The predicted octanol–water partition coefficient (Wildman–Crippen LogP) is 13.6. The molecule has 18 nitrogen and oxygen atoms in total. The topological polar surface area (TPSA) is 322 Å². The number of halogens is 3. The fraction of sp³-hybridized carbons (Fsp3) is 0.353. The minimum Gasteiger partial charge on any atom is -0.508 e. The molecule has 0 heterocycles. The highest BCUT2D eigenvalue weighted by molar-refractivity contribution is 6.08. The van der Waals surface area contributed by atoms with Crippen molar-refractivity contribution in [3.05, 3.63) is 174 Å². The number of carboxylic acid groups (broad SMARTS) is 2. The number of hydrogen-bond acceptors (Lipinski definition) is 14. The Bertz CT molecular complexity index is 3570. The third-order valence-corrected chi connectivity index (χ3v) is 13.0. The third kappa shape index (κ3) is 22.3. The van der Waals surface area contributed by atoms with Crippen LogP contribution in [0.25, 0.3) is 0 Å². The Morgan fingerprint density at radius 3 is 1.09 bits per heavy atom. The van der Waals surface area contributed by atoms with Crippen LogP contribution in [0.4, 0.5) is 13.2 Å². The number of aromatic hydroxyl groups is 6. The summed E-state index contributed by atoms with van der Waals surface area (Å²) in [6, 6.07) is 18.5. The Balaban J connectivity index is 0.000000535. The van der Waals surface area contributed by atoms with Gasteiger partial charge in [-0.05, 0) is 159 Å². The molecule has 0 radical (unpaired) electrons. The molecule has 0 saturated carbocycles. The Morgan fingerprint density at radius 1 is 0.360 bits per heavy atom. The molecule has 0 unspecified atom stereocenters. The molecule has 6 aromatic rings. The van der Waals surface area contributed by atoms with Crippen LogP contribution in [0.3, 0.4) is 0 Å². The lowest BCUT2D eigenvalue weighted by Gasteiger charge is -2.12. The van der Waals surface area contributed by atoms with Crippen LogP contribution in [-0.4, -0.2) is 99.8 Å². The second-order valence-electron chi connectivity index (χ2n) is 22.5. The third-order valence-electron chi connectivity index (χ3n) is 13.0. The van der Waals surface area contributed by atoms with Crippen molar-refractivity contribution in [2.24, 2.45) is 23.7 Å². The van der Waals surface area contributed by atoms with Crippen LogP contribution in [0.2, 0.25) is 0 Å². The molecule has 21 heteroatoms. The average molecular weight is 1240 g/mol. The van der Waals surface area contributed by atoms with Gasteiger partial charge in [-0.2, -0.15) is 0 Å². The van der Waals surface area contributed by atoms with E-state index in [0.717, 1.165) is 11.6 Å². The lowest BCUT2D eigenvalue weighted by atomic mass is 9.93.